The van der Waals surface area contributed by atoms with Crippen molar-refractivity contribution in [1.29, 1.82) is 0 Å². The zero-order valence-electron chi connectivity index (χ0n) is 22.7. The SMILES string of the molecule is Brc1cc(-c2c3c(cc4c2n(-c2ccccc2)c2cc5ccccc5n42)c2ccccc2n3-c2ccccc2)cc(Br)n1. The van der Waals surface area contributed by atoms with Crippen LogP contribution in [0.25, 0.3) is 71.9 Å². The average Bonchev–Trinajstić information content (AvgIpc) is 3.67. The van der Waals surface area contributed by atoms with E-state index in [2.05, 4.69) is 184 Å². The van der Waals surface area contributed by atoms with Gasteiger partial charge in [-0.05, 0) is 98.1 Å². The van der Waals surface area contributed by atoms with Crippen LogP contribution in [0, 0.1) is 0 Å². The Kier molecular flexibility index (Phi) is 5.46. The molecule has 6 heteroatoms. The quantitative estimate of drug-likeness (QED) is 0.171. The van der Waals surface area contributed by atoms with Gasteiger partial charge >= 0.3 is 0 Å². The van der Waals surface area contributed by atoms with E-state index in [0.717, 1.165) is 53.9 Å². The second kappa shape index (κ2) is 9.43. The van der Waals surface area contributed by atoms with E-state index in [1.54, 1.807) is 0 Å². The highest BCUT2D eigenvalue weighted by molar-refractivity contribution is 9.11. The van der Waals surface area contributed by atoms with Crippen molar-refractivity contribution >= 4 is 81.2 Å². The zero-order chi connectivity index (χ0) is 28.7. The lowest BCUT2D eigenvalue weighted by atomic mass is 10.00. The number of fused-ring (bicyclic) bond motifs is 8. The first-order valence-electron chi connectivity index (χ1n) is 14.1. The molecule has 0 amide bonds. The van der Waals surface area contributed by atoms with Gasteiger partial charge in [-0.25, -0.2) is 4.98 Å². The number of hydrogen-bond acceptors (Lipinski definition) is 1. The third-order valence-electron chi connectivity index (χ3n) is 8.38. The molecule has 204 valence electrons. The number of halogens is 2. The van der Waals surface area contributed by atoms with E-state index in [1.807, 2.05) is 0 Å². The van der Waals surface area contributed by atoms with Crippen LogP contribution in [-0.2, 0) is 0 Å². The van der Waals surface area contributed by atoms with Gasteiger partial charge in [-0.2, -0.15) is 0 Å². The van der Waals surface area contributed by atoms with Crippen LogP contribution in [0.15, 0.2) is 143 Å². The molecule has 0 atom stereocenters. The molecule has 5 aromatic carbocycles. The number of benzene rings is 5. The van der Waals surface area contributed by atoms with Crippen LogP contribution in [0.3, 0.4) is 0 Å². The maximum Gasteiger partial charge on any atom is 0.123 e. The minimum Gasteiger partial charge on any atom is -0.309 e. The summed E-state index contributed by atoms with van der Waals surface area (Å²) in [5, 5.41) is 3.64. The highest BCUT2D eigenvalue weighted by atomic mass is 79.9. The lowest BCUT2D eigenvalue weighted by molar-refractivity contribution is 1.14. The molecule has 0 fully saturated rings. The van der Waals surface area contributed by atoms with Crippen molar-refractivity contribution in [3.05, 3.63) is 143 Å². The van der Waals surface area contributed by atoms with E-state index in [9.17, 15) is 0 Å². The largest absolute Gasteiger partial charge is 0.309 e. The van der Waals surface area contributed by atoms with Crippen molar-refractivity contribution in [2.24, 2.45) is 0 Å². The number of rotatable bonds is 3. The summed E-state index contributed by atoms with van der Waals surface area (Å²) in [4.78, 5) is 4.61. The van der Waals surface area contributed by atoms with Crippen LogP contribution in [0.2, 0.25) is 0 Å². The molecule has 4 nitrogen and oxygen atoms in total. The first kappa shape index (κ1) is 24.9. The lowest BCUT2D eigenvalue weighted by Crippen LogP contribution is -1.99. The smallest absolute Gasteiger partial charge is 0.123 e. The summed E-state index contributed by atoms with van der Waals surface area (Å²) in [5.41, 5.74) is 11.4. The maximum atomic E-state index is 4.61. The molecule has 0 saturated heterocycles. The summed E-state index contributed by atoms with van der Waals surface area (Å²) < 4.78 is 8.80. The van der Waals surface area contributed by atoms with Crippen LogP contribution in [0.1, 0.15) is 0 Å². The second-order valence-corrected chi connectivity index (χ2v) is 12.4. The molecule has 0 aliphatic rings. The molecule has 4 heterocycles. The zero-order valence-corrected chi connectivity index (χ0v) is 25.9. The predicted octanol–water partition coefficient (Wildman–Crippen LogP) is 10.7. The standard InChI is InChI=1S/C37H22Br2N4/c38-32-19-24(20-33(39)40-32)35-36-28(27-16-8-10-18-30(27)41(36)25-12-3-1-4-13-25)22-31-37(35)42(26-14-5-2-6-15-26)34-21-23-11-7-9-17-29(23)43(31)34/h1-22H. The van der Waals surface area contributed by atoms with Crippen LogP contribution in [-0.4, -0.2) is 18.5 Å². The molecule has 0 unspecified atom stereocenters. The van der Waals surface area contributed by atoms with Gasteiger partial charge in [-0.3, -0.25) is 8.97 Å². The van der Waals surface area contributed by atoms with Crippen molar-refractivity contribution in [2.75, 3.05) is 0 Å². The van der Waals surface area contributed by atoms with Gasteiger partial charge in [0.05, 0.1) is 27.6 Å². The van der Waals surface area contributed by atoms with Crippen molar-refractivity contribution in [1.82, 2.24) is 18.5 Å². The highest BCUT2D eigenvalue weighted by Crippen LogP contribution is 2.46. The molecule has 0 radical (unpaired) electrons. The van der Waals surface area contributed by atoms with E-state index < -0.39 is 0 Å². The Morgan fingerprint density at radius 2 is 1.09 bits per heavy atom. The first-order valence-corrected chi connectivity index (χ1v) is 15.7. The van der Waals surface area contributed by atoms with E-state index in [4.69, 9.17) is 0 Å². The molecule has 9 rings (SSSR count). The number of para-hydroxylation sites is 4. The summed E-state index contributed by atoms with van der Waals surface area (Å²) in [6.07, 6.45) is 0. The Morgan fingerprint density at radius 1 is 0.488 bits per heavy atom. The molecule has 9 aromatic rings. The van der Waals surface area contributed by atoms with Gasteiger partial charge in [0.15, 0.2) is 0 Å². The van der Waals surface area contributed by atoms with Gasteiger partial charge in [0.2, 0.25) is 0 Å². The van der Waals surface area contributed by atoms with Crippen molar-refractivity contribution in [3.8, 4) is 22.5 Å². The third-order valence-corrected chi connectivity index (χ3v) is 9.19. The van der Waals surface area contributed by atoms with Crippen molar-refractivity contribution in [3.63, 3.8) is 0 Å². The summed E-state index contributed by atoms with van der Waals surface area (Å²) in [6.45, 7) is 0. The Hall–Kier alpha value is -4.65. The number of pyridine rings is 1. The minimum absolute atomic E-state index is 0.777. The van der Waals surface area contributed by atoms with E-state index in [1.165, 1.54) is 27.2 Å². The Morgan fingerprint density at radius 3 is 1.81 bits per heavy atom. The summed E-state index contributed by atoms with van der Waals surface area (Å²) >= 11 is 7.40. The summed E-state index contributed by atoms with van der Waals surface area (Å²) in [6, 6.07) is 47.7. The Bertz CT molecular complexity index is 2500. The fourth-order valence-corrected chi connectivity index (χ4v) is 7.85. The molecule has 0 aliphatic carbocycles. The summed E-state index contributed by atoms with van der Waals surface area (Å²) in [7, 11) is 0. The normalized spacial score (nSPS) is 12.0. The van der Waals surface area contributed by atoms with Crippen molar-refractivity contribution in [2.45, 2.75) is 0 Å². The molecule has 0 aliphatic heterocycles. The Balaban J connectivity index is 1.63. The van der Waals surface area contributed by atoms with Gasteiger partial charge in [-0.1, -0.05) is 72.8 Å². The second-order valence-electron chi connectivity index (χ2n) is 10.8. The van der Waals surface area contributed by atoms with Crippen LogP contribution < -0.4 is 0 Å². The van der Waals surface area contributed by atoms with Crippen LogP contribution in [0.5, 0.6) is 0 Å². The number of aromatic nitrogens is 4. The molecule has 43 heavy (non-hydrogen) atoms. The average molecular weight is 682 g/mol. The van der Waals surface area contributed by atoms with Crippen LogP contribution >= 0.6 is 31.9 Å². The van der Waals surface area contributed by atoms with Gasteiger partial charge in [-0.15, -0.1) is 0 Å². The summed E-state index contributed by atoms with van der Waals surface area (Å²) in [5.74, 6) is 0. The van der Waals surface area contributed by atoms with Gasteiger partial charge < -0.3 is 4.57 Å². The molecule has 0 N–H and O–H groups in total. The van der Waals surface area contributed by atoms with Crippen LogP contribution in [0.4, 0.5) is 0 Å². The molecular formula is C37H22Br2N4. The monoisotopic (exact) mass is 680 g/mol. The van der Waals surface area contributed by atoms with E-state index >= 15 is 0 Å². The number of hydrogen-bond donors (Lipinski definition) is 0. The fourth-order valence-electron chi connectivity index (χ4n) is 6.74. The molecular weight excluding hydrogens is 660 g/mol. The third kappa shape index (κ3) is 3.63. The molecule has 0 spiro atoms. The van der Waals surface area contributed by atoms with E-state index in [-0.39, 0.29) is 0 Å². The van der Waals surface area contributed by atoms with Crippen molar-refractivity contribution < 1.29 is 0 Å². The van der Waals surface area contributed by atoms with Gasteiger partial charge in [0.25, 0.3) is 0 Å². The highest BCUT2D eigenvalue weighted by Gasteiger charge is 2.26. The van der Waals surface area contributed by atoms with Gasteiger partial charge in [0, 0.05) is 33.1 Å². The number of imidazole rings is 1. The predicted molar refractivity (Wildman–Crippen MR) is 185 cm³/mol. The Labute approximate surface area is 263 Å². The molecule has 4 aromatic heterocycles. The fraction of sp³-hybridized carbons (Fsp3) is 0. The van der Waals surface area contributed by atoms with E-state index in [0.29, 0.717) is 0 Å². The minimum atomic E-state index is 0.777. The first-order chi connectivity index (χ1) is 21.2. The maximum absolute atomic E-state index is 4.61. The molecule has 0 bridgehead atoms. The lowest BCUT2D eigenvalue weighted by Gasteiger charge is -2.16. The molecule has 0 saturated carbocycles. The number of nitrogens with zero attached hydrogens (tertiary/aromatic N) is 4. The topological polar surface area (TPSA) is 27.2 Å². The van der Waals surface area contributed by atoms with Gasteiger partial charge in [0.1, 0.15) is 14.9 Å².